The lowest BCUT2D eigenvalue weighted by Gasteiger charge is -2.38. The fourth-order valence-corrected chi connectivity index (χ4v) is 4.82. The molecule has 0 unspecified atom stereocenters. The van der Waals surface area contributed by atoms with Crippen LogP contribution in [0.4, 0.5) is 5.82 Å². The van der Waals surface area contributed by atoms with E-state index in [-0.39, 0.29) is 11.4 Å². The van der Waals surface area contributed by atoms with Gasteiger partial charge in [-0.3, -0.25) is 9.47 Å². The van der Waals surface area contributed by atoms with E-state index < -0.39 is 0 Å². The molecule has 0 spiro atoms. The summed E-state index contributed by atoms with van der Waals surface area (Å²) in [5, 5.41) is 0.225. The second-order valence-corrected chi connectivity index (χ2v) is 8.58. The van der Waals surface area contributed by atoms with E-state index in [1.54, 1.807) is 0 Å². The maximum atomic E-state index is 6.34. The highest BCUT2D eigenvalue weighted by Crippen LogP contribution is 2.30. The SMILES string of the molecule is Cn1c(OC2CCN(C3CCOCC3)CC2)nc2c(N3CCOCC3)nc(Cl)nc21. The fraction of sp³-hybridized carbons (Fsp3) is 0.750. The molecule has 30 heavy (non-hydrogen) atoms. The molecule has 0 atom stereocenters. The van der Waals surface area contributed by atoms with Crippen LogP contribution in [-0.4, -0.2) is 89.2 Å². The summed E-state index contributed by atoms with van der Waals surface area (Å²) in [5.41, 5.74) is 1.43. The molecule has 3 aliphatic rings. The molecule has 5 rings (SSSR count). The first-order valence-corrected chi connectivity index (χ1v) is 11.3. The molecule has 3 aliphatic heterocycles. The van der Waals surface area contributed by atoms with Gasteiger partial charge >= 0.3 is 0 Å². The molecule has 9 nitrogen and oxygen atoms in total. The lowest BCUT2D eigenvalue weighted by atomic mass is 10.0. The zero-order chi connectivity index (χ0) is 20.5. The van der Waals surface area contributed by atoms with Crippen molar-refractivity contribution in [2.24, 2.45) is 7.05 Å². The van der Waals surface area contributed by atoms with Crippen molar-refractivity contribution in [3.8, 4) is 6.01 Å². The molecule has 0 radical (unpaired) electrons. The average Bonchev–Trinajstić information content (AvgIpc) is 3.10. The van der Waals surface area contributed by atoms with Gasteiger partial charge in [0.15, 0.2) is 17.0 Å². The van der Waals surface area contributed by atoms with E-state index >= 15 is 0 Å². The summed E-state index contributed by atoms with van der Waals surface area (Å²) in [5.74, 6) is 0.757. The Hall–Kier alpha value is -1.68. The quantitative estimate of drug-likeness (QED) is 0.672. The molecule has 2 aromatic rings. The van der Waals surface area contributed by atoms with Crippen LogP contribution < -0.4 is 9.64 Å². The number of piperidine rings is 1. The Balaban J connectivity index is 1.31. The minimum absolute atomic E-state index is 0.159. The van der Waals surface area contributed by atoms with Crippen molar-refractivity contribution in [2.45, 2.75) is 37.8 Å². The number of morpholine rings is 1. The zero-order valence-corrected chi connectivity index (χ0v) is 18.2. The highest BCUT2D eigenvalue weighted by atomic mass is 35.5. The van der Waals surface area contributed by atoms with E-state index in [0.29, 0.717) is 30.9 Å². The third-order valence-corrected chi connectivity index (χ3v) is 6.57. The fourth-order valence-electron chi connectivity index (χ4n) is 4.66. The van der Waals surface area contributed by atoms with Crippen LogP contribution in [0.25, 0.3) is 11.2 Å². The largest absolute Gasteiger partial charge is 0.461 e. The van der Waals surface area contributed by atoms with E-state index in [4.69, 9.17) is 30.8 Å². The summed E-state index contributed by atoms with van der Waals surface area (Å²) in [4.78, 5) is 18.4. The number of hydrogen-bond acceptors (Lipinski definition) is 8. The molecule has 3 fully saturated rings. The number of anilines is 1. The van der Waals surface area contributed by atoms with Crippen molar-refractivity contribution in [3.05, 3.63) is 5.28 Å². The lowest BCUT2D eigenvalue weighted by molar-refractivity contribution is 0.00836. The Morgan fingerprint density at radius 3 is 2.33 bits per heavy atom. The van der Waals surface area contributed by atoms with Crippen molar-refractivity contribution in [1.82, 2.24) is 24.4 Å². The maximum Gasteiger partial charge on any atom is 0.298 e. The molecule has 0 aromatic carbocycles. The molecule has 10 heteroatoms. The molecule has 3 saturated heterocycles. The van der Waals surface area contributed by atoms with Crippen LogP contribution in [0.2, 0.25) is 5.28 Å². The number of ether oxygens (including phenoxy) is 3. The van der Waals surface area contributed by atoms with Crippen molar-refractivity contribution in [1.29, 1.82) is 0 Å². The van der Waals surface area contributed by atoms with Crippen LogP contribution in [0, 0.1) is 0 Å². The van der Waals surface area contributed by atoms with Gasteiger partial charge < -0.3 is 19.1 Å². The van der Waals surface area contributed by atoms with E-state index in [1.165, 1.54) is 0 Å². The summed E-state index contributed by atoms with van der Waals surface area (Å²) in [6.07, 6.45) is 4.44. The van der Waals surface area contributed by atoms with Crippen molar-refractivity contribution in [2.75, 3.05) is 57.5 Å². The normalized spacial score (nSPS) is 22.7. The standard InChI is InChI=1S/C20H29ClN6O3/c1-25-17-16(18(24-19(21)23-17)27-8-12-29-13-9-27)22-20(25)30-15-2-6-26(7-3-15)14-4-10-28-11-5-14/h14-15H,2-13H2,1H3. The summed E-state index contributed by atoms with van der Waals surface area (Å²) in [6.45, 7) is 6.76. The molecule has 164 valence electrons. The molecular formula is C20H29ClN6O3. The number of halogens is 1. The Kier molecular flexibility index (Phi) is 5.95. The molecular weight excluding hydrogens is 408 g/mol. The van der Waals surface area contributed by atoms with Gasteiger partial charge in [-0.25, -0.2) is 0 Å². The van der Waals surface area contributed by atoms with E-state index in [0.717, 1.165) is 76.4 Å². The number of likely N-dealkylation sites (tertiary alicyclic amines) is 1. The molecule has 0 amide bonds. The van der Waals surface area contributed by atoms with Crippen LogP contribution in [0.3, 0.4) is 0 Å². The van der Waals surface area contributed by atoms with Crippen LogP contribution in [-0.2, 0) is 16.5 Å². The Morgan fingerprint density at radius 2 is 1.60 bits per heavy atom. The van der Waals surface area contributed by atoms with Crippen molar-refractivity contribution >= 4 is 28.6 Å². The molecule has 2 aromatic heterocycles. The molecule has 0 aliphatic carbocycles. The second-order valence-electron chi connectivity index (χ2n) is 8.24. The van der Waals surface area contributed by atoms with Crippen molar-refractivity contribution < 1.29 is 14.2 Å². The summed E-state index contributed by atoms with van der Waals surface area (Å²) in [6, 6.07) is 1.24. The smallest absolute Gasteiger partial charge is 0.298 e. The van der Waals surface area contributed by atoms with E-state index in [1.807, 2.05) is 11.6 Å². The predicted octanol–water partition coefficient (Wildman–Crippen LogP) is 1.88. The van der Waals surface area contributed by atoms with Gasteiger partial charge in [0.1, 0.15) is 6.10 Å². The Bertz CT molecular complexity index is 873. The number of aryl methyl sites for hydroxylation is 1. The summed E-state index contributed by atoms with van der Waals surface area (Å²) < 4.78 is 19.2. The first-order valence-electron chi connectivity index (χ1n) is 10.9. The van der Waals surface area contributed by atoms with Gasteiger partial charge in [-0.15, -0.1) is 0 Å². The molecule has 0 N–H and O–H groups in total. The van der Waals surface area contributed by atoms with Gasteiger partial charge in [0.05, 0.1) is 13.2 Å². The number of imidazole rings is 1. The zero-order valence-electron chi connectivity index (χ0n) is 17.4. The molecule has 5 heterocycles. The van der Waals surface area contributed by atoms with E-state index in [2.05, 4.69) is 19.8 Å². The van der Waals surface area contributed by atoms with E-state index in [9.17, 15) is 0 Å². The Labute approximate surface area is 181 Å². The van der Waals surface area contributed by atoms with Gasteiger partial charge in [0.25, 0.3) is 6.01 Å². The van der Waals surface area contributed by atoms with Gasteiger partial charge in [0, 0.05) is 52.5 Å². The number of hydrogen-bond donors (Lipinski definition) is 0. The maximum absolute atomic E-state index is 6.34. The monoisotopic (exact) mass is 436 g/mol. The number of fused-ring (bicyclic) bond motifs is 1. The lowest BCUT2D eigenvalue weighted by Crippen LogP contribution is -2.46. The van der Waals surface area contributed by atoms with Gasteiger partial charge in [-0.1, -0.05) is 0 Å². The summed E-state index contributed by atoms with van der Waals surface area (Å²) >= 11 is 6.23. The van der Waals surface area contributed by atoms with Crippen molar-refractivity contribution in [3.63, 3.8) is 0 Å². The third-order valence-electron chi connectivity index (χ3n) is 6.40. The van der Waals surface area contributed by atoms with Crippen LogP contribution in [0.5, 0.6) is 6.01 Å². The number of rotatable bonds is 4. The first-order chi connectivity index (χ1) is 14.7. The van der Waals surface area contributed by atoms with Gasteiger partial charge in [-0.05, 0) is 37.3 Å². The third kappa shape index (κ3) is 4.08. The van der Waals surface area contributed by atoms with Crippen LogP contribution in [0.15, 0.2) is 0 Å². The highest BCUT2D eigenvalue weighted by molar-refractivity contribution is 6.28. The molecule has 0 saturated carbocycles. The van der Waals surface area contributed by atoms with Crippen LogP contribution in [0.1, 0.15) is 25.7 Å². The Morgan fingerprint density at radius 1 is 0.900 bits per heavy atom. The minimum atomic E-state index is 0.159. The highest BCUT2D eigenvalue weighted by Gasteiger charge is 2.29. The number of nitrogens with zero attached hydrogens (tertiary/aromatic N) is 6. The minimum Gasteiger partial charge on any atom is -0.461 e. The first kappa shape index (κ1) is 20.2. The molecule has 0 bridgehead atoms. The topological polar surface area (TPSA) is 77.8 Å². The second kappa shape index (κ2) is 8.82. The number of aromatic nitrogens is 4. The van der Waals surface area contributed by atoms with Crippen LogP contribution >= 0.6 is 11.6 Å². The predicted molar refractivity (Wildman–Crippen MR) is 113 cm³/mol. The van der Waals surface area contributed by atoms with Gasteiger partial charge in [0.2, 0.25) is 5.28 Å². The summed E-state index contributed by atoms with van der Waals surface area (Å²) in [7, 11) is 1.92. The average molecular weight is 437 g/mol. The van der Waals surface area contributed by atoms with Gasteiger partial charge in [-0.2, -0.15) is 15.0 Å².